The summed E-state index contributed by atoms with van der Waals surface area (Å²) in [6, 6.07) is 7.42. The summed E-state index contributed by atoms with van der Waals surface area (Å²) in [6.45, 7) is 4.37. The van der Waals surface area contributed by atoms with Crippen molar-refractivity contribution >= 4 is 11.8 Å². The molecule has 1 nitrogen and oxygen atoms in total. The molecule has 0 radical (unpaired) electrons. The van der Waals surface area contributed by atoms with Crippen molar-refractivity contribution in [2.75, 3.05) is 5.75 Å². The van der Waals surface area contributed by atoms with Gasteiger partial charge in [0.1, 0.15) is 5.82 Å². The van der Waals surface area contributed by atoms with E-state index in [1.54, 1.807) is 12.1 Å². The Balaban J connectivity index is 2.08. The number of thioether (sulfide) groups is 1. The highest BCUT2D eigenvalue weighted by Gasteiger charge is 2.32. The van der Waals surface area contributed by atoms with Crippen molar-refractivity contribution in [2.45, 2.75) is 31.2 Å². The van der Waals surface area contributed by atoms with Crippen molar-refractivity contribution < 1.29 is 4.39 Å². The summed E-state index contributed by atoms with van der Waals surface area (Å²) in [7, 11) is 0. The molecule has 0 bridgehead atoms. The molecule has 1 aromatic carbocycles. The van der Waals surface area contributed by atoms with Crippen LogP contribution in [0.25, 0.3) is 0 Å². The molecular formula is C12H16FNS. The van der Waals surface area contributed by atoms with Crippen LogP contribution in [0, 0.1) is 5.82 Å². The number of halogens is 1. The SMILES string of the molecule is CC1CSC(C)(Cc2cccc(F)c2)N1. The van der Waals surface area contributed by atoms with Gasteiger partial charge in [0.05, 0.1) is 4.87 Å². The minimum atomic E-state index is -0.146. The summed E-state index contributed by atoms with van der Waals surface area (Å²) in [5.41, 5.74) is 1.06. The highest BCUT2D eigenvalue weighted by Crippen LogP contribution is 2.33. The summed E-state index contributed by atoms with van der Waals surface area (Å²) in [5, 5.41) is 3.54. The Morgan fingerprint density at radius 3 is 3.00 bits per heavy atom. The Morgan fingerprint density at radius 1 is 1.60 bits per heavy atom. The molecule has 1 saturated heterocycles. The van der Waals surface area contributed by atoms with Crippen LogP contribution in [0.4, 0.5) is 4.39 Å². The first-order valence-electron chi connectivity index (χ1n) is 5.23. The fourth-order valence-corrected chi connectivity index (χ4v) is 3.31. The maximum Gasteiger partial charge on any atom is 0.123 e. The third-order valence-corrected chi connectivity index (χ3v) is 4.20. The molecule has 0 saturated carbocycles. The average molecular weight is 225 g/mol. The maximum absolute atomic E-state index is 13.0. The van der Waals surface area contributed by atoms with Gasteiger partial charge in [-0.25, -0.2) is 4.39 Å². The van der Waals surface area contributed by atoms with Gasteiger partial charge in [-0.2, -0.15) is 0 Å². The van der Waals surface area contributed by atoms with Gasteiger partial charge in [0.25, 0.3) is 0 Å². The quantitative estimate of drug-likeness (QED) is 0.830. The zero-order valence-corrected chi connectivity index (χ0v) is 9.90. The molecule has 1 N–H and O–H groups in total. The predicted octanol–water partition coefficient (Wildman–Crippen LogP) is 2.81. The summed E-state index contributed by atoms with van der Waals surface area (Å²) in [6.07, 6.45) is 0.875. The van der Waals surface area contributed by atoms with E-state index < -0.39 is 0 Å². The molecule has 15 heavy (non-hydrogen) atoms. The van der Waals surface area contributed by atoms with Gasteiger partial charge in [-0.05, 0) is 38.0 Å². The Kier molecular flexibility index (Phi) is 3.03. The molecule has 1 fully saturated rings. The van der Waals surface area contributed by atoms with E-state index in [0.717, 1.165) is 17.7 Å². The van der Waals surface area contributed by atoms with E-state index in [1.165, 1.54) is 6.07 Å². The second-order valence-electron chi connectivity index (χ2n) is 4.39. The fourth-order valence-electron chi connectivity index (χ4n) is 2.05. The fraction of sp³-hybridized carbons (Fsp3) is 0.500. The zero-order valence-electron chi connectivity index (χ0n) is 9.09. The van der Waals surface area contributed by atoms with Gasteiger partial charge in [0, 0.05) is 11.8 Å². The third kappa shape index (κ3) is 2.73. The van der Waals surface area contributed by atoms with Crippen molar-refractivity contribution in [3.63, 3.8) is 0 Å². The largest absolute Gasteiger partial charge is 0.299 e. The Labute approximate surface area is 94.5 Å². The summed E-state index contributed by atoms with van der Waals surface area (Å²) < 4.78 is 13.0. The standard InChI is InChI=1S/C12H16FNS/c1-9-8-15-12(2,14-9)7-10-4-3-5-11(13)6-10/h3-6,9,14H,7-8H2,1-2H3. The zero-order chi connectivity index (χ0) is 10.9. The lowest BCUT2D eigenvalue weighted by molar-refractivity contribution is 0.480. The van der Waals surface area contributed by atoms with Gasteiger partial charge >= 0.3 is 0 Å². The van der Waals surface area contributed by atoms with Crippen LogP contribution in [0.15, 0.2) is 24.3 Å². The van der Waals surface area contributed by atoms with E-state index in [4.69, 9.17) is 0 Å². The molecule has 1 heterocycles. The predicted molar refractivity (Wildman–Crippen MR) is 63.6 cm³/mol. The van der Waals surface area contributed by atoms with Gasteiger partial charge in [0.15, 0.2) is 0 Å². The molecule has 0 amide bonds. The van der Waals surface area contributed by atoms with Crippen LogP contribution in [0.1, 0.15) is 19.4 Å². The van der Waals surface area contributed by atoms with Crippen molar-refractivity contribution in [1.29, 1.82) is 0 Å². The number of hydrogen-bond donors (Lipinski definition) is 1. The van der Waals surface area contributed by atoms with Gasteiger partial charge in [-0.3, -0.25) is 5.32 Å². The Bertz CT molecular complexity index is 355. The molecule has 3 heteroatoms. The molecule has 2 rings (SSSR count). The van der Waals surface area contributed by atoms with Crippen LogP contribution in [-0.4, -0.2) is 16.7 Å². The monoisotopic (exact) mass is 225 g/mol. The topological polar surface area (TPSA) is 12.0 Å². The highest BCUT2D eigenvalue weighted by atomic mass is 32.2. The van der Waals surface area contributed by atoms with Gasteiger partial charge < -0.3 is 0 Å². The van der Waals surface area contributed by atoms with Crippen LogP contribution in [0.2, 0.25) is 0 Å². The van der Waals surface area contributed by atoms with Crippen LogP contribution < -0.4 is 5.32 Å². The van der Waals surface area contributed by atoms with Gasteiger partial charge in [0.2, 0.25) is 0 Å². The molecule has 0 aromatic heterocycles. The highest BCUT2D eigenvalue weighted by molar-refractivity contribution is 8.00. The first-order valence-corrected chi connectivity index (χ1v) is 6.22. The van der Waals surface area contributed by atoms with Crippen molar-refractivity contribution in [3.05, 3.63) is 35.6 Å². The van der Waals surface area contributed by atoms with Crippen LogP contribution in [-0.2, 0) is 6.42 Å². The second kappa shape index (κ2) is 4.14. The lowest BCUT2D eigenvalue weighted by Crippen LogP contribution is -2.39. The summed E-state index contributed by atoms with van der Waals surface area (Å²) in [5.74, 6) is 0.985. The first kappa shape index (κ1) is 11.0. The first-order chi connectivity index (χ1) is 7.07. The number of benzene rings is 1. The van der Waals surface area contributed by atoms with E-state index in [2.05, 4.69) is 19.2 Å². The number of nitrogens with one attached hydrogen (secondary N) is 1. The number of rotatable bonds is 2. The molecule has 2 unspecified atom stereocenters. The Hall–Kier alpha value is -0.540. The van der Waals surface area contributed by atoms with Gasteiger partial charge in [-0.15, -0.1) is 11.8 Å². The molecule has 82 valence electrons. The average Bonchev–Trinajstić information content (AvgIpc) is 2.45. The van der Waals surface area contributed by atoms with Crippen molar-refractivity contribution in [1.82, 2.24) is 5.32 Å². The third-order valence-electron chi connectivity index (χ3n) is 2.63. The van der Waals surface area contributed by atoms with Crippen LogP contribution >= 0.6 is 11.8 Å². The van der Waals surface area contributed by atoms with Crippen molar-refractivity contribution in [3.8, 4) is 0 Å². The number of hydrogen-bond acceptors (Lipinski definition) is 2. The summed E-state index contributed by atoms with van der Waals surface area (Å²) in [4.78, 5) is 0.0627. The molecule has 1 aromatic rings. The molecule has 2 atom stereocenters. The lowest BCUT2D eigenvalue weighted by atomic mass is 10.1. The molecular weight excluding hydrogens is 209 g/mol. The minimum Gasteiger partial charge on any atom is -0.299 e. The summed E-state index contributed by atoms with van der Waals surface area (Å²) >= 11 is 1.92. The van der Waals surface area contributed by atoms with Gasteiger partial charge in [-0.1, -0.05) is 12.1 Å². The molecule has 1 aliphatic rings. The van der Waals surface area contributed by atoms with E-state index in [9.17, 15) is 4.39 Å². The van der Waals surface area contributed by atoms with E-state index in [-0.39, 0.29) is 10.7 Å². The van der Waals surface area contributed by atoms with E-state index >= 15 is 0 Å². The molecule has 0 aliphatic carbocycles. The molecule has 1 aliphatic heterocycles. The normalized spacial score (nSPS) is 30.7. The Morgan fingerprint density at radius 2 is 2.40 bits per heavy atom. The van der Waals surface area contributed by atoms with Crippen molar-refractivity contribution in [2.24, 2.45) is 0 Å². The lowest BCUT2D eigenvalue weighted by Gasteiger charge is -2.24. The second-order valence-corrected chi connectivity index (χ2v) is 5.92. The van der Waals surface area contributed by atoms with E-state index in [0.29, 0.717) is 6.04 Å². The maximum atomic E-state index is 13.0. The smallest absolute Gasteiger partial charge is 0.123 e. The van der Waals surface area contributed by atoms with E-state index in [1.807, 2.05) is 17.8 Å². The van der Waals surface area contributed by atoms with Crippen LogP contribution in [0.5, 0.6) is 0 Å². The molecule has 0 spiro atoms. The minimum absolute atomic E-state index is 0.0627. The van der Waals surface area contributed by atoms with Crippen LogP contribution in [0.3, 0.4) is 0 Å².